The second-order valence-electron chi connectivity index (χ2n) is 8.38. The Bertz CT molecular complexity index is 1010. The SMILES string of the molecule is COP(=O)(/C=C/[C@@H]1C[C@@H](OP(O)N(C(C)C)C(C)C)CN1C(=O)Cn1ccc(=O)[nH]c1=O)OC. The summed E-state index contributed by atoms with van der Waals surface area (Å²) in [4.78, 5) is 50.7. The fourth-order valence-corrected chi connectivity index (χ4v) is 5.88. The molecular formula is C20H34N4O8P2. The van der Waals surface area contributed by atoms with Gasteiger partial charge in [0.15, 0.2) is 0 Å². The molecule has 3 atom stereocenters. The number of rotatable bonds is 11. The molecule has 192 valence electrons. The van der Waals surface area contributed by atoms with E-state index in [9.17, 15) is 23.8 Å². The van der Waals surface area contributed by atoms with Crippen molar-refractivity contribution in [1.29, 1.82) is 0 Å². The zero-order chi connectivity index (χ0) is 25.6. The second kappa shape index (κ2) is 12.4. The molecule has 1 fully saturated rings. The lowest BCUT2D eigenvalue weighted by molar-refractivity contribution is -0.132. The van der Waals surface area contributed by atoms with Crippen LogP contribution in [-0.4, -0.2) is 74.9 Å². The van der Waals surface area contributed by atoms with Gasteiger partial charge in [0, 0.05) is 50.9 Å². The van der Waals surface area contributed by atoms with Gasteiger partial charge in [0.2, 0.25) is 5.91 Å². The zero-order valence-corrected chi connectivity index (χ0v) is 22.1. The van der Waals surface area contributed by atoms with E-state index in [2.05, 4.69) is 4.98 Å². The minimum absolute atomic E-state index is 0.0485. The molecule has 2 rings (SSSR count). The lowest BCUT2D eigenvalue weighted by atomic mass is 10.2. The van der Waals surface area contributed by atoms with Gasteiger partial charge in [-0.2, -0.15) is 0 Å². The third-order valence-corrected chi connectivity index (χ3v) is 8.69. The highest BCUT2D eigenvalue weighted by molar-refractivity contribution is 7.57. The molecule has 1 aromatic rings. The van der Waals surface area contributed by atoms with Gasteiger partial charge in [0.05, 0.1) is 12.1 Å². The molecule has 0 aliphatic carbocycles. The molecule has 0 spiro atoms. The van der Waals surface area contributed by atoms with Crippen molar-refractivity contribution in [3.05, 3.63) is 45.0 Å². The average Bonchev–Trinajstić information content (AvgIpc) is 3.16. The van der Waals surface area contributed by atoms with Crippen molar-refractivity contribution in [3.63, 3.8) is 0 Å². The number of nitrogens with zero attached hydrogens (tertiary/aromatic N) is 3. The van der Waals surface area contributed by atoms with Gasteiger partial charge in [-0.3, -0.25) is 23.7 Å². The number of amides is 1. The molecule has 1 amide bonds. The van der Waals surface area contributed by atoms with Crippen LogP contribution >= 0.6 is 16.1 Å². The highest BCUT2D eigenvalue weighted by atomic mass is 31.2. The van der Waals surface area contributed by atoms with Gasteiger partial charge < -0.3 is 23.4 Å². The minimum Gasteiger partial charge on any atom is -0.338 e. The quantitative estimate of drug-likeness (QED) is 0.418. The molecule has 1 aromatic heterocycles. The van der Waals surface area contributed by atoms with Crippen LogP contribution in [0.15, 0.2) is 33.7 Å². The Labute approximate surface area is 200 Å². The first-order valence-electron chi connectivity index (χ1n) is 10.8. The number of likely N-dealkylation sites (tertiary alicyclic amines) is 1. The van der Waals surface area contributed by atoms with Crippen LogP contribution in [0.3, 0.4) is 0 Å². The number of carbonyl (C=O) groups excluding carboxylic acids is 1. The number of carbonyl (C=O) groups is 1. The van der Waals surface area contributed by atoms with Gasteiger partial charge in [0.25, 0.3) is 14.1 Å². The Morgan fingerprint density at radius 3 is 2.44 bits per heavy atom. The maximum Gasteiger partial charge on any atom is 0.353 e. The molecule has 12 nitrogen and oxygen atoms in total. The molecule has 0 radical (unpaired) electrons. The van der Waals surface area contributed by atoms with Crippen molar-refractivity contribution in [2.45, 2.75) is 64.9 Å². The number of hydrogen-bond donors (Lipinski definition) is 2. The third kappa shape index (κ3) is 7.42. The van der Waals surface area contributed by atoms with Crippen molar-refractivity contribution < 1.29 is 27.8 Å². The van der Waals surface area contributed by atoms with Crippen LogP contribution in [0, 0.1) is 0 Å². The predicted molar refractivity (Wildman–Crippen MR) is 128 cm³/mol. The van der Waals surface area contributed by atoms with Crippen LogP contribution in [0.25, 0.3) is 0 Å². The molecule has 1 aliphatic rings. The van der Waals surface area contributed by atoms with Crippen molar-refractivity contribution >= 4 is 22.0 Å². The largest absolute Gasteiger partial charge is 0.353 e. The van der Waals surface area contributed by atoms with Gasteiger partial charge >= 0.3 is 13.3 Å². The van der Waals surface area contributed by atoms with Crippen LogP contribution in [0.1, 0.15) is 34.1 Å². The maximum atomic E-state index is 13.1. The molecule has 1 saturated heterocycles. The average molecular weight is 520 g/mol. The smallest absolute Gasteiger partial charge is 0.338 e. The number of aromatic nitrogens is 2. The Morgan fingerprint density at radius 1 is 1.29 bits per heavy atom. The molecule has 34 heavy (non-hydrogen) atoms. The molecule has 2 heterocycles. The Balaban J connectivity index is 2.26. The van der Waals surface area contributed by atoms with Crippen LogP contribution in [0.4, 0.5) is 0 Å². The first kappa shape index (κ1) is 28.6. The topological polar surface area (TPSA) is 143 Å². The van der Waals surface area contributed by atoms with E-state index in [4.69, 9.17) is 13.6 Å². The zero-order valence-electron chi connectivity index (χ0n) is 20.3. The van der Waals surface area contributed by atoms with Gasteiger partial charge in [0.1, 0.15) is 6.54 Å². The highest BCUT2D eigenvalue weighted by Gasteiger charge is 2.38. The lowest BCUT2D eigenvalue weighted by Crippen LogP contribution is -2.40. The summed E-state index contributed by atoms with van der Waals surface area (Å²) in [7, 11) is -2.87. The fraction of sp³-hybridized carbons (Fsp3) is 0.650. The first-order valence-corrected chi connectivity index (χ1v) is 13.6. The summed E-state index contributed by atoms with van der Waals surface area (Å²) in [6.07, 6.45) is 2.63. The van der Waals surface area contributed by atoms with E-state index in [1.165, 1.54) is 31.1 Å². The lowest BCUT2D eigenvalue weighted by Gasteiger charge is -2.34. The standard InChI is InChI=1S/C20H34N4O8P2/c1-14(2)24(15(3)4)33(28)32-17-11-16(8-10-34(29,30-5)31-6)23(12-17)19(26)13-22-9-7-18(25)21-20(22)27/h7-10,14-17,28H,11-13H2,1-6H3,(H,21,25,27)/b10-8+/t16-,17-,33?/m1/s1. The Hall–Kier alpha value is -1.65. The summed E-state index contributed by atoms with van der Waals surface area (Å²) in [6.45, 7) is 7.68. The molecule has 0 aromatic carbocycles. The molecule has 0 saturated carbocycles. The molecular weight excluding hydrogens is 486 g/mol. The summed E-state index contributed by atoms with van der Waals surface area (Å²) in [5, 5.41) is 0. The Morgan fingerprint density at radius 2 is 1.91 bits per heavy atom. The predicted octanol–water partition coefficient (Wildman–Crippen LogP) is 1.86. The fourth-order valence-electron chi connectivity index (χ4n) is 3.76. The molecule has 2 N–H and O–H groups in total. The molecule has 1 aliphatic heterocycles. The van der Waals surface area contributed by atoms with Crippen molar-refractivity contribution in [3.8, 4) is 0 Å². The van der Waals surface area contributed by atoms with E-state index in [0.29, 0.717) is 6.42 Å². The highest BCUT2D eigenvalue weighted by Crippen LogP contribution is 2.49. The number of H-pyrrole nitrogens is 1. The van der Waals surface area contributed by atoms with Gasteiger partial charge in [-0.1, -0.05) is 6.08 Å². The van der Waals surface area contributed by atoms with E-state index in [1.54, 1.807) is 6.08 Å². The first-order chi connectivity index (χ1) is 15.9. The van der Waals surface area contributed by atoms with Crippen LogP contribution < -0.4 is 11.2 Å². The number of hydrogen-bond acceptors (Lipinski definition) is 9. The number of nitrogens with one attached hydrogen (secondary N) is 1. The summed E-state index contributed by atoms with van der Waals surface area (Å²) in [5.41, 5.74) is -1.26. The molecule has 0 bridgehead atoms. The van der Waals surface area contributed by atoms with E-state index >= 15 is 0 Å². The Kier molecular flexibility index (Phi) is 10.4. The minimum atomic E-state index is -3.47. The summed E-state index contributed by atoms with van der Waals surface area (Å²) >= 11 is 0. The van der Waals surface area contributed by atoms with Gasteiger partial charge in [-0.25, -0.2) is 9.46 Å². The van der Waals surface area contributed by atoms with E-state index < -0.39 is 45.4 Å². The summed E-state index contributed by atoms with van der Waals surface area (Å²) in [6, 6.07) is 0.713. The van der Waals surface area contributed by atoms with Gasteiger partial charge in [-0.15, -0.1) is 0 Å². The maximum absolute atomic E-state index is 13.1. The summed E-state index contributed by atoms with van der Waals surface area (Å²) in [5.74, 6) is 0.870. The molecule has 1 unspecified atom stereocenters. The van der Waals surface area contributed by atoms with Crippen molar-refractivity contribution in [1.82, 2.24) is 19.1 Å². The van der Waals surface area contributed by atoms with E-state index in [-0.39, 0.29) is 25.2 Å². The summed E-state index contributed by atoms with van der Waals surface area (Å²) < 4.78 is 31.2. The molecule has 14 heteroatoms. The monoisotopic (exact) mass is 520 g/mol. The van der Waals surface area contributed by atoms with Crippen LogP contribution in [0.2, 0.25) is 0 Å². The van der Waals surface area contributed by atoms with E-state index in [1.807, 2.05) is 32.4 Å². The van der Waals surface area contributed by atoms with Crippen molar-refractivity contribution in [2.75, 3.05) is 20.8 Å². The van der Waals surface area contributed by atoms with Gasteiger partial charge in [-0.05, 0) is 34.1 Å². The third-order valence-electron chi connectivity index (χ3n) is 5.33. The van der Waals surface area contributed by atoms with Crippen LogP contribution in [-0.2, 0) is 29.5 Å². The van der Waals surface area contributed by atoms with Crippen molar-refractivity contribution in [2.24, 2.45) is 0 Å². The van der Waals surface area contributed by atoms with E-state index in [0.717, 1.165) is 10.6 Å². The van der Waals surface area contributed by atoms with Crippen LogP contribution in [0.5, 0.6) is 0 Å². The number of aromatic amines is 1. The normalized spacial score (nSPS) is 20.2. The second-order valence-corrected chi connectivity index (χ2v) is 11.7.